The smallest absolute Gasteiger partial charge is 0.333 e. The fourth-order valence-electron chi connectivity index (χ4n) is 3.21. The van der Waals surface area contributed by atoms with Crippen molar-refractivity contribution in [2.45, 2.75) is 111 Å². The number of carbonyl (C=O) groups excluding carboxylic acids is 1. The summed E-state index contributed by atoms with van der Waals surface area (Å²) < 4.78 is 5.66. The lowest BCUT2D eigenvalue weighted by Gasteiger charge is -2.32. The molecule has 0 bridgehead atoms. The van der Waals surface area contributed by atoms with E-state index in [0.717, 1.165) is 19.3 Å². The topological polar surface area (TPSA) is 26.3 Å². The van der Waals surface area contributed by atoms with Gasteiger partial charge in [-0.25, -0.2) is 4.79 Å². The first kappa shape index (κ1) is 22.2. The van der Waals surface area contributed by atoms with Gasteiger partial charge in [0.2, 0.25) is 0 Å². The van der Waals surface area contributed by atoms with Gasteiger partial charge in [0.1, 0.15) is 5.60 Å². The Labute approximate surface area is 145 Å². The lowest BCUT2D eigenvalue weighted by Crippen LogP contribution is -2.33. The molecule has 0 N–H and O–H groups in total. The zero-order valence-corrected chi connectivity index (χ0v) is 16.6. The lowest BCUT2D eigenvalue weighted by molar-refractivity contribution is -0.154. The lowest BCUT2D eigenvalue weighted by atomic mass is 9.83. The van der Waals surface area contributed by atoms with Gasteiger partial charge in [0.15, 0.2) is 0 Å². The minimum atomic E-state index is -0.433. The van der Waals surface area contributed by atoms with Crippen molar-refractivity contribution in [3.8, 4) is 0 Å². The van der Waals surface area contributed by atoms with Gasteiger partial charge in [0.25, 0.3) is 0 Å². The van der Waals surface area contributed by atoms with Crippen molar-refractivity contribution in [3.05, 3.63) is 12.2 Å². The predicted molar refractivity (Wildman–Crippen MR) is 101 cm³/mol. The first-order chi connectivity index (χ1) is 10.6. The third-order valence-electron chi connectivity index (χ3n) is 3.95. The molecule has 23 heavy (non-hydrogen) atoms. The second-order valence-electron chi connectivity index (χ2n) is 8.72. The minimum absolute atomic E-state index is 0.142. The van der Waals surface area contributed by atoms with Crippen LogP contribution in [0.5, 0.6) is 0 Å². The van der Waals surface area contributed by atoms with Crippen molar-refractivity contribution >= 4 is 5.97 Å². The number of esters is 1. The van der Waals surface area contributed by atoms with Gasteiger partial charge in [0, 0.05) is 5.57 Å². The third kappa shape index (κ3) is 13.4. The molecule has 0 heterocycles. The number of hydrogen-bond acceptors (Lipinski definition) is 2. The third-order valence-corrected chi connectivity index (χ3v) is 3.95. The van der Waals surface area contributed by atoms with Gasteiger partial charge in [-0.1, -0.05) is 79.2 Å². The maximum atomic E-state index is 12.2. The molecule has 0 radical (unpaired) electrons. The zero-order valence-electron chi connectivity index (χ0n) is 16.6. The molecule has 0 spiro atoms. The van der Waals surface area contributed by atoms with E-state index in [2.05, 4.69) is 34.3 Å². The highest BCUT2D eigenvalue weighted by Crippen LogP contribution is 2.30. The Hall–Kier alpha value is -0.790. The van der Waals surface area contributed by atoms with Crippen molar-refractivity contribution < 1.29 is 9.53 Å². The molecule has 0 aliphatic carbocycles. The standard InChI is InChI=1S/C21H40O2/c1-8-9-10-11-12-13-14-15-16-18(2)19(22)23-21(6,7)17-20(3,4)5/h2,8-17H2,1,3-7H3. The summed E-state index contributed by atoms with van der Waals surface area (Å²) in [7, 11) is 0. The molecule has 0 aromatic rings. The monoisotopic (exact) mass is 324 g/mol. The molecule has 0 aromatic carbocycles. The Kier molecular flexibility index (Phi) is 10.5. The molecule has 0 unspecified atom stereocenters. The SMILES string of the molecule is C=C(CCCCCCCCCC)C(=O)OC(C)(C)CC(C)(C)C. The largest absolute Gasteiger partial charge is 0.456 e. The fourth-order valence-corrected chi connectivity index (χ4v) is 3.21. The summed E-state index contributed by atoms with van der Waals surface area (Å²) >= 11 is 0. The molecule has 0 aliphatic heterocycles. The van der Waals surface area contributed by atoms with Crippen LogP contribution in [0.4, 0.5) is 0 Å². The van der Waals surface area contributed by atoms with Crippen LogP contribution in [0, 0.1) is 5.41 Å². The molecule has 0 fully saturated rings. The summed E-state index contributed by atoms with van der Waals surface area (Å²) in [4.78, 5) is 12.2. The van der Waals surface area contributed by atoms with E-state index in [1.807, 2.05) is 13.8 Å². The Morgan fingerprint density at radius 3 is 1.83 bits per heavy atom. The summed E-state index contributed by atoms with van der Waals surface area (Å²) in [6.45, 7) is 16.6. The Bertz CT molecular complexity index is 347. The second kappa shape index (κ2) is 10.9. The van der Waals surface area contributed by atoms with Gasteiger partial charge >= 0.3 is 5.97 Å². The summed E-state index contributed by atoms with van der Waals surface area (Å²) in [6.07, 6.45) is 11.8. The molecular weight excluding hydrogens is 284 g/mol. The van der Waals surface area contributed by atoms with E-state index in [0.29, 0.717) is 5.57 Å². The highest BCUT2D eigenvalue weighted by atomic mass is 16.6. The number of ether oxygens (including phenoxy) is 1. The van der Waals surface area contributed by atoms with Crippen molar-refractivity contribution in [1.82, 2.24) is 0 Å². The van der Waals surface area contributed by atoms with Crippen LogP contribution < -0.4 is 0 Å². The van der Waals surface area contributed by atoms with Gasteiger partial charge in [-0.05, 0) is 38.5 Å². The summed E-state index contributed by atoms with van der Waals surface area (Å²) in [5.41, 5.74) is 0.332. The molecule has 0 saturated carbocycles. The maximum Gasteiger partial charge on any atom is 0.333 e. The molecule has 0 amide bonds. The number of carbonyl (C=O) groups is 1. The fraction of sp³-hybridized carbons (Fsp3) is 0.857. The van der Waals surface area contributed by atoms with Crippen LogP contribution in [-0.2, 0) is 9.53 Å². The molecule has 0 rings (SSSR count). The van der Waals surface area contributed by atoms with Gasteiger partial charge in [0.05, 0.1) is 0 Å². The number of rotatable bonds is 12. The van der Waals surface area contributed by atoms with Crippen molar-refractivity contribution in [2.24, 2.45) is 5.41 Å². The number of unbranched alkanes of at least 4 members (excludes halogenated alkanes) is 7. The van der Waals surface area contributed by atoms with Crippen LogP contribution in [0.2, 0.25) is 0 Å². The van der Waals surface area contributed by atoms with Gasteiger partial charge in [-0.2, -0.15) is 0 Å². The van der Waals surface area contributed by atoms with Crippen LogP contribution in [0.3, 0.4) is 0 Å². The van der Waals surface area contributed by atoms with Crippen LogP contribution >= 0.6 is 0 Å². The molecular formula is C21H40O2. The summed E-state index contributed by atoms with van der Waals surface area (Å²) in [5.74, 6) is -0.220. The molecule has 2 heteroatoms. The minimum Gasteiger partial charge on any atom is -0.456 e. The summed E-state index contributed by atoms with van der Waals surface area (Å²) in [6, 6.07) is 0. The van der Waals surface area contributed by atoms with E-state index in [1.165, 1.54) is 44.9 Å². The zero-order chi connectivity index (χ0) is 17.9. The van der Waals surface area contributed by atoms with E-state index in [9.17, 15) is 4.79 Å². The highest BCUT2D eigenvalue weighted by Gasteiger charge is 2.29. The highest BCUT2D eigenvalue weighted by molar-refractivity contribution is 5.87. The molecule has 0 aliphatic rings. The van der Waals surface area contributed by atoms with Crippen LogP contribution in [0.1, 0.15) is 106 Å². The average molecular weight is 325 g/mol. The number of hydrogen-bond donors (Lipinski definition) is 0. The maximum absolute atomic E-state index is 12.2. The van der Waals surface area contributed by atoms with E-state index in [4.69, 9.17) is 4.74 Å². The Balaban J connectivity index is 3.88. The molecule has 0 saturated heterocycles. The first-order valence-corrected chi connectivity index (χ1v) is 9.48. The molecule has 0 aromatic heterocycles. The van der Waals surface area contributed by atoms with Gasteiger partial charge in [-0.15, -0.1) is 0 Å². The molecule has 136 valence electrons. The van der Waals surface area contributed by atoms with Crippen molar-refractivity contribution in [2.75, 3.05) is 0 Å². The van der Waals surface area contributed by atoms with Crippen LogP contribution in [-0.4, -0.2) is 11.6 Å². The quantitative estimate of drug-likeness (QED) is 0.223. The Morgan fingerprint density at radius 2 is 1.35 bits per heavy atom. The molecule has 2 nitrogen and oxygen atoms in total. The van der Waals surface area contributed by atoms with E-state index in [-0.39, 0.29) is 11.4 Å². The average Bonchev–Trinajstić information content (AvgIpc) is 2.38. The Morgan fingerprint density at radius 1 is 0.870 bits per heavy atom. The second-order valence-corrected chi connectivity index (χ2v) is 8.72. The van der Waals surface area contributed by atoms with Crippen LogP contribution in [0.15, 0.2) is 12.2 Å². The predicted octanol–water partition coefficient (Wildman–Crippen LogP) is 6.83. The van der Waals surface area contributed by atoms with E-state index >= 15 is 0 Å². The summed E-state index contributed by atoms with van der Waals surface area (Å²) in [5, 5.41) is 0. The molecule has 0 atom stereocenters. The van der Waals surface area contributed by atoms with Gasteiger partial charge in [-0.3, -0.25) is 0 Å². The van der Waals surface area contributed by atoms with E-state index < -0.39 is 5.60 Å². The normalized spacial score (nSPS) is 12.3. The van der Waals surface area contributed by atoms with E-state index in [1.54, 1.807) is 0 Å². The first-order valence-electron chi connectivity index (χ1n) is 9.48. The van der Waals surface area contributed by atoms with Crippen molar-refractivity contribution in [1.29, 1.82) is 0 Å². The van der Waals surface area contributed by atoms with Gasteiger partial charge < -0.3 is 4.74 Å². The van der Waals surface area contributed by atoms with Crippen LogP contribution in [0.25, 0.3) is 0 Å². The van der Waals surface area contributed by atoms with Crippen molar-refractivity contribution in [3.63, 3.8) is 0 Å².